The van der Waals surface area contributed by atoms with E-state index < -0.39 is 0 Å². The third-order valence-electron chi connectivity index (χ3n) is 5.09. The van der Waals surface area contributed by atoms with E-state index in [0.717, 1.165) is 51.1 Å². The van der Waals surface area contributed by atoms with Gasteiger partial charge in [-0.3, -0.25) is 9.58 Å². The molecule has 2 aliphatic rings. The number of rotatable bonds is 4. The lowest BCUT2D eigenvalue weighted by molar-refractivity contribution is -0.0450. The molecule has 0 aliphatic carbocycles. The Bertz CT molecular complexity index is 661. The van der Waals surface area contributed by atoms with Crippen molar-refractivity contribution in [1.82, 2.24) is 24.6 Å². The van der Waals surface area contributed by atoms with Crippen molar-refractivity contribution >= 4 is 0 Å². The van der Waals surface area contributed by atoms with Crippen LogP contribution in [0.5, 0.6) is 0 Å². The zero-order valence-corrected chi connectivity index (χ0v) is 13.2. The van der Waals surface area contributed by atoms with Crippen molar-refractivity contribution in [1.29, 1.82) is 0 Å². The monoisotopic (exact) mass is 319 g/mol. The molecule has 1 spiro atoms. The number of halogens is 1. The summed E-state index contributed by atoms with van der Waals surface area (Å²) in [4.78, 5) is 10.4. The van der Waals surface area contributed by atoms with Crippen LogP contribution in [0.4, 0.5) is 4.39 Å². The van der Waals surface area contributed by atoms with Gasteiger partial charge in [0.2, 0.25) is 0 Å². The van der Waals surface area contributed by atoms with E-state index in [-0.39, 0.29) is 12.2 Å². The Hall–Kier alpha value is -1.73. The molecule has 0 radical (unpaired) electrons. The van der Waals surface area contributed by atoms with Crippen molar-refractivity contribution in [3.05, 3.63) is 35.7 Å². The number of nitrogens with one attached hydrogen (secondary N) is 1. The predicted molar refractivity (Wildman–Crippen MR) is 82.6 cm³/mol. The number of fused-ring (bicyclic) bond motifs is 2. The molecular formula is C16H22FN5O. The van der Waals surface area contributed by atoms with E-state index in [1.54, 1.807) is 4.68 Å². The van der Waals surface area contributed by atoms with E-state index in [2.05, 4.69) is 20.0 Å². The highest BCUT2D eigenvalue weighted by atomic mass is 19.1. The van der Waals surface area contributed by atoms with E-state index in [1.165, 1.54) is 11.4 Å². The third-order valence-corrected chi connectivity index (χ3v) is 5.09. The quantitative estimate of drug-likeness (QED) is 0.931. The lowest BCUT2D eigenvalue weighted by Crippen LogP contribution is -2.53. The highest BCUT2D eigenvalue weighted by Gasteiger charge is 2.45. The summed E-state index contributed by atoms with van der Waals surface area (Å²) < 4.78 is 19.7. The number of H-pyrrole nitrogens is 1. The van der Waals surface area contributed by atoms with Gasteiger partial charge in [0.15, 0.2) is 0 Å². The van der Waals surface area contributed by atoms with Crippen molar-refractivity contribution in [3.8, 4) is 0 Å². The minimum Gasteiger partial charge on any atom is -0.381 e. The third kappa shape index (κ3) is 2.57. The highest BCUT2D eigenvalue weighted by molar-refractivity contribution is 5.27. The van der Waals surface area contributed by atoms with E-state index in [1.807, 2.05) is 18.7 Å². The van der Waals surface area contributed by atoms with Crippen LogP contribution >= 0.6 is 0 Å². The molecule has 0 amide bonds. The molecule has 124 valence electrons. The number of aromatic amines is 1. The van der Waals surface area contributed by atoms with Crippen LogP contribution in [0, 0.1) is 0 Å². The van der Waals surface area contributed by atoms with Gasteiger partial charge in [-0.15, -0.1) is 0 Å². The van der Waals surface area contributed by atoms with Crippen LogP contribution < -0.4 is 0 Å². The zero-order valence-electron chi connectivity index (χ0n) is 13.2. The average Bonchev–Trinajstić information content (AvgIpc) is 3.22. The number of alkyl halides is 1. The maximum Gasteiger partial charge on any atom is 0.109 e. The van der Waals surface area contributed by atoms with Gasteiger partial charge in [0.1, 0.15) is 6.67 Å². The summed E-state index contributed by atoms with van der Waals surface area (Å²) in [6, 6.07) is 0. The number of nitrogens with zero attached hydrogens (tertiary/aromatic N) is 4. The molecule has 1 N–H and O–H groups in total. The summed E-state index contributed by atoms with van der Waals surface area (Å²) in [5.41, 5.74) is 3.52. The van der Waals surface area contributed by atoms with E-state index in [9.17, 15) is 4.39 Å². The molecule has 0 unspecified atom stereocenters. The van der Waals surface area contributed by atoms with Crippen LogP contribution in [0.1, 0.15) is 29.8 Å². The van der Waals surface area contributed by atoms with Gasteiger partial charge in [-0.1, -0.05) is 0 Å². The molecule has 7 heteroatoms. The number of ether oxygens (including phenoxy) is 1. The topological polar surface area (TPSA) is 59.0 Å². The van der Waals surface area contributed by atoms with Crippen LogP contribution in [0.2, 0.25) is 0 Å². The molecule has 4 heterocycles. The molecule has 1 saturated heterocycles. The molecule has 2 aromatic rings. The molecular weight excluding hydrogens is 297 g/mol. The molecule has 0 atom stereocenters. The van der Waals surface area contributed by atoms with Crippen molar-refractivity contribution in [2.45, 2.75) is 37.9 Å². The predicted octanol–water partition coefficient (Wildman–Crippen LogP) is 1.64. The summed E-state index contributed by atoms with van der Waals surface area (Å²) in [5, 5.41) is 4.24. The summed E-state index contributed by atoms with van der Waals surface area (Å²) in [6.07, 6.45) is 8.52. The Kier molecular flexibility index (Phi) is 3.90. The molecule has 2 aromatic heterocycles. The lowest BCUT2D eigenvalue weighted by atomic mass is 9.80. The fourth-order valence-electron chi connectivity index (χ4n) is 3.93. The Balaban J connectivity index is 1.61. The highest BCUT2D eigenvalue weighted by Crippen LogP contribution is 2.42. The second kappa shape index (κ2) is 6.05. The number of hydrogen-bond donors (Lipinski definition) is 1. The van der Waals surface area contributed by atoms with Crippen LogP contribution in [0.15, 0.2) is 18.7 Å². The second-order valence-corrected chi connectivity index (χ2v) is 6.35. The summed E-state index contributed by atoms with van der Waals surface area (Å²) in [7, 11) is 0. The Morgan fingerprint density at radius 1 is 1.35 bits per heavy atom. The van der Waals surface area contributed by atoms with Gasteiger partial charge in [-0.25, -0.2) is 9.37 Å². The molecule has 23 heavy (non-hydrogen) atoms. The van der Waals surface area contributed by atoms with E-state index in [4.69, 9.17) is 4.74 Å². The van der Waals surface area contributed by atoms with Gasteiger partial charge in [0.05, 0.1) is 30.3 Å². The second-order valence-electron chi connectivity index (χ2n) is 6.35. The first-order valence-corrected chi connectivity index (χ1v) is 8.25. The van der Waals surface area contributed by atoms with E-state index in [0.29, 0.717) is 6.54 Å². The maximum atomic E-state index is 12.5. The molecule has 2 aliphatic heterocycles. The fraction of sp³-hybridized carbons (Fsp3) is 0.625. The average molecular weight is 319 g/mol. The normalized spacial score (nSPS) is 20.7. The van der Waals surface area contributed by atoms with Gasteiger partial charge in [-0.2, -0.15) is 5.10 Å². The number of hydrogen-bond acceptors (Lipinski definition) is 4. The first kappa shape index (κ1) is 14.8. The molecule has 0 saturated carbocycles. The first-order chi connectivity index (χ1) is 11.3. The molecule has 1 fully saturated rings. The number of imidazole rings is 1. The smallest absolute Gasteiger partial charge is 0.109 e. The van der Waals surface area contributed by atoms with Crippen molar-refractivity contribution in [3.63, 3.8) is 0 Å². The Morgan fingerprint density at radius 2 is 2.22 bits per heavy atom. The first-order valence-electron chi connectivity index (χ1n) is 8.25. The molecule has 4 rings (SSSR count). The van der Waals surface area contributed by atoms with E-state index >= 15 is 0 Å². The fourth-order valence-corrected chi connectivity index (χ4v) is 3.93. The van der Waals surface area contributed by atoms with Gasteiger partial charge in [-0.05, 0) is 12.8 Å². The summed E-state index contributed by atoms with van der Waals surface area (Å²) in [5.74, 6) is 0. The van der Waals surface area contributed by atoms with Gasteiger partial charge in [0, 0.05) is 50.2 Å². The lowest BCUT2D eigenvalue weighted by Gasteiger charge is -2.48. The number of aryl methyl sites for hydroxylation is 1. The van der Waals surface area contributed by atoms with Crippen molar-refractivity contribution in [2.75, 3.05) is 26.4 Å². The van der Waals surface area contributed by atoms with Gasteiger partial charge in [0.25, 0.3) is 0 Å². The molecule has 0 bridgehead atoms. The minimum atomic E-state index is -0.386. The van der Waals surface area contributed by atoms with Crippen LogP contribution in [-0.4, -0.2) is 51.1 Å². The standard InChI is InChI=1S/C16H22FN5O/c17-4-6-22-11-13(9-20-22)10-21-5-1-14-15(19-12-18-14)16(21)2-7-23-8-3-16/h9,11-12H,1-8,10H2,(H,18,19). The maximum absolute atomic E-state index is 12.5. The zero-order chi connectivity index (χ0) is 15.7. The molecule has 6 nitrogen and oxygen atoms in total. The van der Waals surface area contributed by atoms with Gasteiger partial charge >= 0.3 is 0 Å². The SMILES string of the molecule is FCCn1cc(CN2CCc3[nH]cnc3C23CCOCC3)cn1. The summed E-state index contributed by atoms with van der Waals surface area (Å²) in [6.45, 7) is 3.28. The summed E-state index contributed by atoms with van der Waals surface area (Å²) >= 11 is 0. The van der Waals surface area contributed by atoms with Crippen LogP contribution in [0.25, 0.3) is 0 Å². The Labute approximate surface area is 134 Å². The Morgan fingerprint density at radius 3 is 3.04 bits per heavy atom. The number of aromatic nitrogens is 4. The van der Waals surface area contributed by atoms with Crippen LogP contribution in [0.3, 0.4) is 0 Å². The minimum absolute atomic E-state index is 0.0476. The van der Waals surface area contributed by atoms with Crippen LogP contribution in [-0.2, 0) is 29.8 Å². The van der Waals surface area contributed by atoms with Crippen molar-refractivity contribution < 1.29 is 9.13 Å². The largest absolute Gasteiger partial charge is 0.381 e. The van der Waals surface area contributed by atoms with Crippen molar-refractivity contribution in [2.24, 2.45) is 0 Å². The molecule has 0 aromatic carbocycles. The van der Waals surface area contributed by atoms with Gasteiger partial charge < -0.3 is 9.72 Å².